The Morgan fingerprint density at radius 2 is 1.41 bits per heavy atom. The number of hydrogen-bond acceptors (Lipinski definition) is 12. The second-order valence-electron chi connectivity index (χ2n) is 7.99. The lowest BCUT2D eigenvalue weighted by Crippen LogP contribution is -2.27. The number of nitrogens with one attached hydrogen (secondary N) is 4. The van der Waals surface area contributed by atoms with E-state index in [1.807, 2.05) is 24.3 Å². The molecule has 0 unspecified atom stereocenters. The number of rotatable bonds is 18. The third-order valence-corrected chi connectivity index (χ3v) is 5.17. The number of carbonyl (C=O) groups excluding carboxylic acids is 1. The summed E-state index contributed by atoms with van der Waals surface area (Å²) in [6.07, 6.45) is 0. The maximum Gasteiger partial charge on any atom is 0.251 e. The Balaban J connectivity index is 1.39. The molecule has 0 bridgehead atoms. The van der Waals surface area contributed by atoms with E-state index < -0.39 is 0 Å². The van der Waals surface area contributed by atoms with Crippen LogP contribution in [0.5, 0.6) is 11.5 Å². The van der Waals surface area contributed by atoms with Crippen molar-refractivity contribution in [2.24, 2.45) is 5.73 Å². The summed E-state index contributed by atoms with van der Waals surface area (Å²) in [5, 5.41) is 12.2. The van der Waals surface area contributed by atoms with E-state index >= 15 is 0 Å². The van der Waals surface area contributed by atoms with Crippen LogP contribution in [0.2, 0.25) is 0 Å². The Bertz CT molecular complexity index is 1150. The molecule has 0 spiro atoms. The number of anilines is 4. The lowest BCUT2D eigenvalue weighted by molar-refractivity contribution is 0.0519. The summed E-state index contributed by atoms with van der Waals surface area (Å²) in [7, 11) is 3.15. The molecule has 0 saturated carbocycles. The van der Waals surface area contributed by atoms with E-state index in [2.05, 4.69) is 36.2 Å². The van der Waals surface area contributed by atoms with Gasteiger partial charge >= 0.3 is 0 Å². The average molecular weight is 541 g/mol. The molecule has 0 aliphatic carbocycles. The molecular weight excluding hydrogens is 504 g/mol. The van der Waals surface area contributed by atoms with E-state index in [9.17, 15) is 4.79 Å². The van der Waals surface area contributed by atoms with Gasteiger partial charge in [0.2, 0.25) is 17.8 Å². The van der Waals surface area contributed by atoms with Gasteiger partial charge < -0.3 is 45.9 Å². The van der Waals surface area contributed by atoms with Gasteiger partial charge in [0.25, 0.3) is 5.91 Å². The number of nitrogens with two attached hydrogens (primary N) is 1. The topological polar surface area (TPSA) is 167 Å². The molecule has 0 aliphatic heterocycles. The lowest BCUT2D eigenvalue weighted by Gasteiger charge is -2.13. The maximum atomic E-state index is 12.0. The zero-order valence-electron chi connectivity index (χ0n) is 22.2. The van der Waals surface area contributed by atoms with Crippen molar-refractivity contribution in [1.29, 1.82) is 0 Å². The van der Waals surface area contributed by atoms with Crippen LogP contribution in [0.1, 0.15) is 10.4 Å². The fraction of sp³-hybridized carbons (Fsp3) is 0.385. The molecule has 6 N–H and O–H groups in total. The van der Waals surface area contributed by atoms with Gasteiger partial charge in [0.05, 0.1) is 40.6 Å². The standard InChI is InChI=1S/C26H36N8O5/c1-36-21-9-8-20(18-22(21)37-2)31-26-33-24(29-11-10-27)32-25(34-26)30-13-15-39-17-16-38-14-12-28-23(35)19-6-4-3-5-7-19/h3-9,18H,10-17,27H2,1-2H3,(H,28,35)(H3,29,30,31,32,33,34). The van der Waals surface area contributed by atoms with Crippen LogP contribution >= 0.6 is 0 Å². The van der Waals surface area contributed by atoms with Crippen molar-refractivity contribution in [1.82, 2.24) is 20.3 Å². The first-order chi connectivity index (χ1) is 19.1. The number of benzene rings is 2. The SMILES string of the molecule is COc1ccc(Nc2nc(NCCN)nc(NCCOCCOCCNC(=O)c3ccccc3)n2)cc1OC. The van der Waals surface area contributed by atoms with Crippen molar-refractivity contribution < 1.29 is 23.7 Å². The molecule has 0 radical (unpaired) electrons. The van der Waals surface area contributed by atoms with Gasteiger partial charge in [0.1, 0.15) is 0 Å². The highest BCUT2D eigenvalue weighted by Gasteiger charge is 2.10. The number of aromatic nitrogens is 3. The molecule has 1 amide bonds. The number of hydrogen-bond donors (Lipinski definition) is 5. The monoisotopic (exact) mass is 540 g/mol. The molecule has 0 aliphatic rings. The van der Waals surface area contributed by atoms with Crippen LogP contribution in [0.15, 0.2) is 48.5 Å². The van der Waals surface area contributed by atoms with Gasteiger partial charge in [-0.1, -0.05) is 18.2 Å². The van der Waals surface area contributed by atoms with Crippen molar-refractivity contribution in [3.05, 3.63) is 54.1 Å². The van der Waals surface area contributed by atoms with Crippen LogP contribution in [-0.4, -0.2) is 87.7 Å². The van der Waals surface area contributed by atoms with Crippen LogP contribution in [-0.2, 0) is 9.47 Å². The first kappa shape index (κ1) is 29.4. The Kier molecular flexibility index (Phi) is 12.5. The van der Waals surface area contributed by atoms with E-state index in [1.165, 1.54) is 0 Å². The molecule has 1 aromatic heterocycles. The van der Waals surface area contributed by atoms with Gasteiger partial charge in [0.15, 0.2) is 11.5 Å². The van der Waals surface area contributed by atoms with Crippen molar-refractivity contribution >= 4 is 29.4 Å². The van der Waals surface area contributed by atoms with Gasteiger partial charge in [-0.15, -0.1) is 0 Å². The number of ether oxygens (including phenoxy) is 4. The van der Waals surface area contributed by atoms with Crippen LogP contribution in [0.25, 0.3) is 0 Å². The Labute approximate surface area is 227 Å². The van der Waals surface area contributed by atoms with E-state index in [0.717, 1.165) is 5.69 Å². The number of carbonyl (C=O) groups is 1. The highest BCUT2D eigenvalue weighted by molar-refractivity contribution is 5.94. The zero-order valence-corrected chi connectivity index (χ0v) is 22.2. The third-order valence-electron chi connectivity index (χ3n) is 5.17. The van der Waals surface area contributed by atoms with E-state index in [1.54, 1.807) is 38.5 Å². The first-order valence-electron chi connectivity index (χ1n) is 12.5. The molecule has 210 valence electrons. The van der Waals surface area contributed by atoms with Crippen molar-refractivity contribution in [3.8, 4) is 11.5 Å². The molecule has 0 atom stereocenters. The summed E-state index contributed by atoms with van der Waals surface area (Å²) in [4.78, 5) is 25.2. The van der Waals surface area contributed by atoms with Gasteiger partial charge in [-0.2, -0.15) is 15.0 Å². The summed E-state index contributed by atoms with van der Waals surface area (Å²) in [6, 6.07) is 14.5. The largest absolute Gasteiger partial charge is 0.493 e. The smallest absolute Gasteiger partial charge is 0.251 e. The minimum atomic E-state index is -0.122. The molecule has 1 heterocycles. The summed E-state index contributed by atoms with van der Waals surface area (Å²) in [5.41, 5.74) is 6.94. The molecule has 3 aromatic rings. The molecular formula is C26H36N8O5. The molecule has 13 heteroatoms. The molecule has 13 nitrogen and oxygen atoms in total. The predicted molar refractivity (Wildman–Crippen MR) is 149 cm³/mol. The third kappa shape index (κ3) is 10.2. The molecule has 0 saturated heterocycles. The summed E-state index contributed by atoms with van der Waals surface area (Å²) >= 11 is 0. The van der Waals surface area contributed by atoms with E-state index in [4.69, 9.17) is 24.7 Å². The fourth-order valence-corrected chi connectivity index (χ4v) is 3.30. The highest BCUT2D eigenvalue weighted by Crippen LogP contribution is 2.30. The molecule has 39 heavy (non-hydrogen) atoms. The summed E-state index contributed by atoms with van der Waals surface area (Å²) < 4.78 is 21.7. The maximum absolute atomic E-state index is 12.0. The number of nitrogens with zero attached hydrogens (tertiary/aromatic N) is 3. The second-order valence-corrected chi connectivity index (χ2v) is 7.99. The van der Waals surface area contributed by atoms with Crippen molar-refractivity contribution in [2.75, 3.05) is 82.8 Å². The van der Waals surface area contributed by atoms with E-state index in [0.29, 0.717) is 87.5 Å². The van der Waals surface area contributed by atoms with Crippen molar-refractivity contribution in [2.45, 2.75) is 0 Å². The zero-order chi connectivity index (χ0) is 27.7. The van der Waals surface area contributed by atoms with Crippen LogP contribution in [0.4, 0.5) is 23.5 Å². The van der Waals surface area contributed by atoms with Crippen LogP contribution in [0, 0.1) is 0 Å². The number of amides is 1. The minimum Gasteiger partial charge on any atom is -0.493 e. The predicted octanol–water partition coefficient (Wildman–Crippen LogP) is 1.88. The fourth-order valence-electron chi connectivity index (χ4n) is 3.30. The molecule has 2 aromatic carbocycles. The normalized spacial score (nSPS) is 10.5. The highest BCUT2D eigenvalue weighted by atomic mass is 16.5. The first-order valence-corrected chi connectivity index (χ1v) is 12.5. The second kappa shape index (κ2) is 16.6. The Hall–Kier alpha value is -4.20. The quantitative estimate of drug-likeness (QED) is 0.149. The van der Waals surface area contributed by atoms with Gasteiger partial charge in [-0.3, -0.25) is 4.79 Å². The van der Waals surface area contributed by atoms with Gasteiger partial charge in [-0.05, 0) is 24.3 Å². The van der Waals surface area contributed by atoms with Crippen LogP contribution < -0.4 is 36.5 Å². The van der Waals surface area contributed by atoms with E-state index in [-0.39, 0.29) is 5.91 Å². The minimum absolute atomic E-state index is 0.122. The Morgan fingerprint density at radius 3 is 2.08 bits per heavy atom. The molecule has 0 fully saturated rings. The summed E-state index contributed by atoms with van der Waals surface area (Å²) in [6.45, 7) is 3.50. The average Bonchev–Trinajstić information content (AvgIpc) is 2.97. The number of methoxy groups -OCH3 is 2. The lowest BCUT2D eigenvalue weighted by atomic mass is 10.2. The van der Waals surface area contributed by atoms with Gasteiger partial charge in [-0.25, -0.2) is 0 Å². The summed E-state index contributed by atoms with van der Waals surface area (Å²) in [5.74, 6) is 2.17. The molecule has 3 rings (SSSR count). The Morgan fingerprint density at radius 1 is 0.769 bits per heavy atom. The van der Waals surface area contributed by atoms with Crippen LogP contribution in [0.3, 0.4) is 0 Å². The van der Waals surface area contributed by atoms with Crippen molar-refractivity contribution in [3.63, 3.8) is 0 Å². The van der Waals surface area contributed by atoms with Gasteiger partial charge in [0, 0.05) is 43.5 Å².